The van der Waals surface area contributed by atoms with E-state index in [1.807, 2.05) is 12.3 Å². The van der Waals surface area contributed by atoms with E-state index in [0.29, 0.717) is 17.7 Å². The average molecular weight is 631 g/mol. The van der Waals surface area contributed by atoms with Crippen molar-refractivity contribution in [3.8, 4) is 0 Å². The number of hydrogen-bond donors (Lipinski definition) is 2. The van der Waals surface area contributed by atoms with Crippen molar-refractivity contribution < 1.29 is 14.7 Å². The van der Waals surface area contributed by atoms with Crippen molar-refractivity contribution in [2.45, 2.75) is 12.5 Å². The van der Waals surface area contributed by atoms with E-state index in [9.17, 15) is 9.59 Å². The van der Waals surface area contributed by atoms with Gasteiger partial charge in [-0.1, -0.05) is 0 Å². The zero-order valence-corrected chi connectivity index (χ0v) is 17.7. The van der Waals surface area contributed by atoms with Crippen LogP contribution in [0.5, 0.6) is 0 Å². The Morgan fingerprint density at radius 3 is 2.55 bits per heavy atom. The molecule has 0 unspecified atom stereocenters. The number of carbonyl (C=O) groups excluding carboxylic acids is 1. The van der Waals surface area contributed by atoms with E-state index >= 15 is 0 Å². The smallest absolute Gasteiger partial charge is 0.326 e. The van der Waals surface area contributed by atoms with Gasteiger partial charge in [-0.05, 0) is 98.3 Å². The number of hydrogen-bond acceptors (Lipinski definition) is 3. The van der Waals surface area contributed by atoms with E-state index in [0.717, 1.165) is 10.7 Å². The maximum atomic E-state index is 12.3. The molecule has 0 fully saturated rings. The summed E-state index contributed by atoms with van der Waals surface area (Å²) < 4.78 is 2.78. The van der Waals surface area contributed by atoms with Crippen molar-refractivity contribution in [3.05, 3.63) is 28.4 Å². The summed E-state index contributed by atoms with van der Waals surface area (Å²) in [4.78, 5) is 23.4. The van der Waals surface area contributed by atoms with E-state index < -0.39 is 12.0 Å². The minimum absolute atomic E-state index is 0.334. The van der Waals surface area contributed by atoms with E-state index in [2.05, 4.69) is 73.1 Å². The van der Waals surface area contributed by atoms with Crippen LogP contribution in [-0.2, 0) is 4.79 Å². The lowest BCUT2D eigenvalue weighted by molar-refractivity contribution is -0.139. The van der Waals surface area contributed by atoms with Gasteiger partial charge < -0.3 is 10.4 Å². The Hall–Kier alpha value is 0.700. The van der Waals surface area contributed by atoms with Crippen LogP contribution in [0, 0.1) is 10.7 Å². The van der Waals surface area contributed by atoms with Crippen LogP contribution in [0.2, 0.25) is 0 Å². The third-order valence-electron chi connectivity index (χ3n) is 2.45. The van der Waals surface area contributed by atoms with Crippen molar-refractivity contribution >= 4 is 91.4 Å². The van der Waals surface area contributed by atoms with Gasteiger partial charge in [-0.25, -0.2) is 4.79 Å². The highest BCUT2D eigenvalue weighted by Gasteiger charge is 2.22. The molecular formula is C12H12I3NO3S. The quantitative estimate of drug-likeness (QED) is 0.374. The Morgan fingerprint density at radius 2 is 2.00 bits per heavy atom. The minimum Gasteiger partial charge on any atom is -0.480 e. The van der Waals surface area contributed by atoms with Crippen LogP contribution >= 0.6 is 79.5 Å². The van der Waals surface area contributed by atoms with E-state index in [-0.39, 0.29) is 5.91 Å². The Bertz CT molecular complexity index is 525. The van der Waals surface area contributed by atoms with Gasteiger partial charge in [-0.3, -0.25) is 4.79 Å². The number of rotatable bonds is 6. The van der Waals surface area contributed by atoms with Gasteiger partial charge in [0.25, 0.3) is 5.91 Å². The molecular weight excluding hydrogens is 619 g/mol. The first-order valence-electron chi connectivity index (χ1n) is 5.54. The van der Waals surface area contributed by atoms with Gasteiger partial charge in [0.1, 0.15) is 6.04 Å². The number of halogens is 3. The van der Waals surface area contributed by atoms with Crippen LogP contribution < -0.4 is 5.32 Å². The Balaban J connectivity index is 2.92. The molecule has 1 aromatic carbocycles. The summed E-state index contributed by atoms with van der Waals surface area (Å²) in [5.74, 6) is -0.639. The molecule has 2 N–H and O–H groups in total. The second-order valence-electron chi connectivity index (χ2n) is 3.89. The van der Waals surface area contributed by atoms with Gasteiger partial charge >= 0.3 is 5.97 Å². The zero-order valence-electron chi connectivity index (χ0n) is 10.5. The number of carbonyl (C=O) groups is 2. The van der Waals surface area contributed by atoms with Gasteiger partial charge in [-0.2, -0.15) is 11.8 Å². The molecule has 0 aliphatic heterocycles. The third kappa shape index (κ3) is 5.48. The fourth-order valence-corrected chi connectivity index (χ4v) is 4.32. The van der Waals surface area contributed by atoms with Gasteiger partial charge in [0, 0.05) is 10.7 Å². The fourth-order valence-electron chi connectivity index (χ4n) is 1.45. The van der Waals surface area contributed by atoms with Gasteiger partial charge in [0.2, 0.25) is 0 Å². The van der Waals surface area contributed by atoms with Crippen molar-refractivity contribution in [2.75, 3.05) is 12.0 Å². The summed E-state index contributed by atoms with van der Waals surface area (Å²) >= 11 is 7.98. The lowest BCUT2D eigenvalue weighted by Gasteiger charge is -2.15. The van der Waals surface area contributed by atoms with E-state index in [4.69, 9.17) is 5.11 Å². The normalized spacial score (nSPS) is 12.0. The number of benzene rings is 1. The molecule has 0 aliphatic carbocycles. The van der Waals surface area contributed by atoms with Crippen LogP contribution in [0.3, 0.4) is 0 Å². The maximum Gasteiger partial charge on any atom is 0.326 e. The summed E-state index contributed by atoms with van der Waals surface area (Å²) in [7, 11) is 0. The molecule has 0 spiro atoms. The summed E-state index contributed by atoms with van der Waals surface area (Å²) in [6, 6.07) is 2.90. The Morgan fingerprint density at radius 1 is 1.35 bits per heavy atom. The minimum atomic E-state index is -0.997. The molecule has 8 heteroatoms. The second-order valence-corrected chi connectivity index (χ2v) is 8.37. The first kappa shape index (κ1) is 18.7. The number of amides is 1. The Labute approximate surface area is 162 Å². The average Bonchev–Trinajstić information content (AvgIpc) is 2.38. The molecule has 0 bridgehead atoms. The molecule has 1 rings (SSSR count). The van der Waals surface area contributed by atoms with Crippen molar-refractivity contribution in [1.29, 1.82) is 0 Å². The molecule has 110 valence electrons. The molecule has 0 heterocycles. The van der Waals surface area contributed by atoms with Crippen molar-refractivity contribution in [3.63, 3.8) is 0 Å². The third-order valence-corrected chi connectivity index (χ3v) is 6.76. The summed E-state index contributed by atoms with van der Waals surface area (Å²) in [6.45, 7) is 0. The van der Waals surface area contributed by atoms with Crippen LogP contribution in [0.1, 0.15) is 16.8 Å². The molecule has 1 atom stereocenters. The van der Waals surface area contributed by atoms with Crippen LogP contribution in [-0.4, -0.2) is 35.0 Å². The number of carboxylic acid groups (broad SMARTS) is 1. The monoisotopic (exact) mass is 631 g/mol. The first-order valence-corrected chi connectivity index (χ1v) is 10.2. The highest BCUT2D eigenvalue weighted by atomic mass is 127. The number of carboxylic acids is 1. The molecule has 0 aromatic heterocycles. The van der Waals surface area contributed by atoms with Gasteiger partial charge in [0.15, 0.2) is 0 Å². The van der Waals surface area contributed by atoms with Crippen molar-refractivity contribution in [2.24, 2.45) is 0 Å². The lowest BCUT2D eigenvalue weighted by Crippen LogP contribution is -2.41. The summed E-state index contributed by atoms with van der Waals surface area (Å²) in [5, 5.41) is 11.7. The molecule has 0 saturated heterocycles. The van der Waals surface area contributed by atoms with E-state index in [1.165, 1.54) is 0 Å². The van der Waals surface area contributed by atoms with Crippen LogP contribution in [0.4, 0.5) is 0 Å². The highest BCUT2D eigenvalue weighted by Crippen LogP contribution is 2.23. The number of thioether (sulfide) groups is 1. The zero-order chi connectivity index (χ0) is 15.3. The largest absolute Gasteiger partial charge is 0.480 e. The molecule has 1 amide bonds. The standard InChI is InChI=1S/C12H12I3NO3S/c1-20-3-2-9(12(18)19)16-11(17)7-4-6(13)5-8(14)10(7)15/h4-5,9H,2-3H2,1H3,(H,16,17)(H,18,19)/t9-/m1/s1. The molecule has 20 heavy (non-hydrogen) atoms. The van der Waals surface area contributed by atoms with Crippen molar-refractivity contribution in [1.82, 2.24) is 5.32 Å². The molecule has 0 saturated carbocycles. The van der Waals surface area contributed by atoms with Gasteiger partial charge in [0.05, 0.1) is 5.56 Å². The second kappa shape index (κ2) is 8.98. The predicted molar refractivity (Wildman–Crippen MR) is 106 cm³/mol. The predicted octanol–water partition coefficient (Wildman–Crippen LogP) is 3.44. The highest BCUT2D eigenvalue weighted by molar-refractivity contribution is 14.1. The molecule has 4 nitrogen and oxygen atoms in total. The van der Waals surface area contributed by atoms with E-state index in [1.54, 1.807) is 17.8 Å². The Kier molecular flexibility index (Phi) is 8.42. The first-order chi connectivity index (χ1) is 9.36. The lowest BCUT2D eigenvalue weighted by atomic mass is 10.1. The summed E-state index contributed by atoms with van der Waals surface area (Å²) in [5.41, 5.74) is 0.525. The molecule has 0 aliphatic rings. The van der Waals surface area contributed by atoms with Gasteiger partial charge in [-0.15, -0.1) is 0 Å². The topological polar surface area (TPSA) is 66.4 Å². The maximum absolute atomic E-state index is 12.3. The summed E-state index contributed by atoms with van der Waals surface area (Å²) in [6.07, 6.45) is 2.32. The fraction of sp³-hybridized carbons (Fsp3) is 0.333. The number of aliphatic carboxylic acids is 1. The SMILES string of the molecule is CSCC[C@@H](NC(=O)c1cc(I)cc(I)c1I)C(=O)O. The van der Waals surface area contributed by atoms with Crippen LogP contribution in [0.25, 0.3) is 0 Å². The number of nitrogens with one attached hydrogen (secondary N) is 1. The molecule has 1 aromatic rings. The van der Waals surface area contributed by atoms with Crippen LogP contribution in [0.15, 0.2) is 12.1 Å². The molecule has 0 radical (unpaired) electrons.